The van der Waals surface area contributed by atoms with Gasteiger partial charge in [-0.15, -0.1) is 21.5 Å². The molecule has 16 heteroatoms. The molecule has 1 aliphatic rings. The summed E-state index contributed by atoms with van der Waals surface area (Å²) in [5.74, 6) is -4.05. The second-order valence-electron chi connectivity index (χ2n) is 9.52. The van der Waals surface area contributed by atoms with Crippen LogP contribution in [0.3, 0.4) is 0 Å². The first-order chi connectivity index (χ1) is 17.5. The molecule has 38 heavy (non-hydrogen) atoms. The van der Waals surface area contributed by atoms with Crippen LogP contribution in [0.15, 0.2) is 21.4 Å². The maximum atomic E-state index is 13.9. The Hall–Kier alpha value is -2.23. The molecule has 0 atom stereocenters. The van der Waals surface area contributed by atoms with Crippen LogP contribution >= 0.6 is 34.5 Å². The molecule has 0 unspecified atom stereocenters. The zero-order valence-electron chi connectivity index (χ0n) is 20.6. The first kappa shape index (κ1) is 28.8. The lowest BCUT2D eigenvalue weighted by molar-refractivity contribution is 0.0119. The van der Waals surface area contributed by atoms with Crippen molar-refractivity contribution in [3.8, 4) is 21.3 Å². The maximum Gasteiger partial charge on any atom is 0.276 e. The van der Waals surface area contributed by atoms with E-state index in [4.69, 9.17) is 27.6 Å². The van der Waals surface area contributed by atoms with Crippen LogP contribution < -0.4 is 4.72 Å². The van der Waals surface area contributed by atoms with Gasteiger partial charge < -0.3 is 14.4 Å². The van der Waals surface area contributed by atoms with Gasteiger partial charge in [-0.3, -0.25) is 4.79 Å². The number of hydrogen-bond acceptors (Lipinski definition) is 9. The number of aromatic nitrogens is 3. The summed E-state index contributed by atoms with van der Waals surface area (Å²) < 4.78 is 61.1. The number of nitrogens with zero attached hydrogens (tertiary/aromatic N) is 4. The predicted molar refractivity (Wildman–Crippen MR) is 137 cm³/mol. The minimum Gasteiger partial charge on any atom is -0.415 e. The van der Waals surface area contributed by atoms with Crippen LogP contribution in [0.5, 0.6) is 0 Å². The Labute approximate surface area is 231 Å². The van der Waals surface area contributed by atoms with Gasteiger partial charge in [0.2, 0.25) is 15.9 Å². The van der Waals surface area contributed by atoms with Crippen LogP contribution in [-0.2, 0) is 15.6 Å². The van der Waals surface area contributed by atoms with Crippen molar-refractivity contribution < 1.29 is 31.5 Å². The van der Waals surface area contributed by atoms with Crippen molar-refractivity contribution in [2.24, 2.45) is 0 Å². The fraction of sp³-hybridized carbons (Fsp3) is 0.455. The van der Waals surface area contributed by atoms with E-state index >= 15 is 0 Å². The third-order valence-electron chi connectivity index (χ3n) is 5.39. The molecule has 1 aliphatic heterocycles. The molecule has 10 nitrogen and oxygen atoms in total. The number of aliphatic hydroxyl groups is 1. The number of carbonyl (C=O) groups is 1. The van der Waals surface area contributed by atoms with E-state index in [0.717, 1.165) is 16.2 Å². The lowest BCUT2D eigenvalue weighted by Crippen LogP contribution is -2.32. The minimum atomic E-state index is -4.01. The third-order valence-corrected chi connectivity index (χ3v) is 9.16. The average Bonchev–Trinajstić information content (AvgIpc) is 3.51. The molecule has 0 aliphatic carbocycles. The zero-order valence-corrected chi connectivity index (χ0v) is 23.7. The van der Waals surface area contributed by atoms with Gasteiger partial charge in [-0.2, -0.15) is 0 Å². The highest BCUT2D eigenvalue weighted by Crippen LogP contribution is 2.44. The van der Waals surface area contributed by atoms with Crippen molar-refractivity contribution in [3.63, 3.8) is 0 Å². The van der Waals surface area contributed by atoms with E-state index in [9.17, 15) is 27.1 Å². The van der Waals surface area contributed by atoms with Crippen molar-refractivity contribution in [2.45, 2.75) is 56.6 Å². The lowest BCUT2D eigenvalue weighted by atomic mass is 10.1. The summed E-state index contributed by atoms with van der Waals surface area (Å²) in [4.78, 5) is 18.5. The van der Waals surface area contributed by atoms with Gasteiger partial charge in [-0.05, 0) is 33.8 Å². The number of rotatable bonds is 7. The number of sulfonamides is 1. The van der Waals surface area contributed by atoms with E-state index in [1.54, 1.807) is 13.8 Å². The number of carbonyl (C=O) groups excluding carboxylic acids is 1. The molecule has 1 fully saturated rings. The zero-order chi connectivity index (χ0) is 28.2. The summed E-state index contributed by atoms with van der Waals surface area (Å²) in [6, 6.07) is 2.17. The number of likely N-dealkylation sites (tertiary alicyclic amines) is 1. The summed E-state index contributed by atoms with van der Waals surface area (Å²) in [5, 5.41) is 17.4. The molecule has 1 amide bonds. The Morgan fingerprint density at radius 3 is 2.50 bits per heavy atom. The normalized spacial score (nSPS) is 16.0. The molecular formula is C22H23Cl2F2N5O5S2. The molecule has 1 aromatic carbocycles. The number of halogens is 4. The number of amides is 1. The van der Waals surface area contributed by atoms with Crippen LogP contribution in [0.2, 0.25) is 10.0 Å². The molecule has 0 bridgehead atoms. The standard InChI is InChI=1S/C22H23Cl2F2N5O5S2/c1-10(2)30-38(34,35)12-6-5-11(13(23)14(12)24)16-15(19(32)31-8-7-22(25,26)9-31)27-18(37-16)17-28-29-20(36-17)21(3,4)33/h5-6,10,30,33H,7-9H2,1-4H3. The molecule has 0 spiro atoms. The molecule has 2 aromatic heterocycles. The van der Waals surface area contributed by atoms with Gasteiger partial charge in [0, 0.05) is 24.6 Å². The van der Waals surface area contributed by atoms with Crippen molar-refractivity contribution in [2.75, 3.05) is 13.1 Å². The van der Waals surface area contributed by atoms with E-state index in [1.807, 2.05) is 0 Å². The highest BCUT2D eigenvalue weighted by atomic mass is 35.5. The summed E-state index contributed by atoms with van der Waals surface area (Å²) in [5.41, 5.74) is -1.52. The fourth-order valence-electron chi connectivity index (χ4n) is 3.64. The molecule has 4 rings (SSSR count). The van der Waals surface area contributed by atoms with Crippen LogP contribution in [0.25, 0.3) is 21.3 Å². The van der Waals surface area contributed by atoms with E-state index in [-0.39, 0.29) is 54.4 Å². The summed E-state index contributed by atoms with van der Waals surface area (Å²) in [6.45, 7) is 5.18. The number of thiazole rings is 1. The molecular weight excluding hydrogens is 587 g/mol. The molecule has 0 radical (unpaired) electrons. The number of hydrogen-bond donors (Lipinski definition) is 2. The third kappa shape index (κ3) is 5.70. The molecule has 1 saturated heterocycles. The Bertz CT molecular complexity index is 1500. The minimum absolute atomic E-state index is 0.0580. The van der Waals surface area contributed by atoms with Gasteiger partial charge in [0.15, 0.2) is 5.01 Å². The van der Waals surface area contributed by atoms with Crippen LogP contribution in [0, 0.1) is 0 Å². The van der Waals surface area contributed by atoms with Crippen LogP contribution in [0.4, 0.5) is 8.78 Å². The number of nitrogens with one attached hydrogen (secondary N) is 1. The molecule has 0 saturated carbocycles. The van der Waals surface area contributed by atoms with E-state index < -0.39 is 46.5 Å². The lowest BCUT2D eigenvalue weighted by Gasteiger charge is -2.16. The van der Waals surface area contributed by atoms with Crippen LogP contribution in [-0.4, -0.2) is 64.6 Å². The Morgan fingerprint density at radius 1 is 1.26 bits per heavy atom. The van der Waals surface area contributed by atoms with E-state index in [2.05, 4.69) is 19.9 Å². The Balaban J connectivity index is 1.85. The maximum absolute atomic E-state index is 13.9. The Morgan fingerprint density at radius 2 is 1.95 bits per heavy atom. The van der Waals surface area contributed by atoms with Crippen molar-refractivity contribution in [1.82, 2.24) is 24.8 Å². The number of benzene rings is 1. The quantitative estimate of drug-likeness (QED) is 0.397. The monoisotopic (exact) mass is 609 g/mol. The highest BCUT2D eigenvalue weighted by Gasteiger charge is 2.42. The SMILES string of the molecule is CC(C)NS(=O)(=O)c1ccc(-c2sc(-c3nnc(C(C)(C)O)o3)nc2C(=O)N2CCC(F)(F)C2)c(Cl)c1Cl. The fourth-order valence-corrected chi connectivity index (χ4v) is 6.83. The van der Waals surface area contributed by atoms with Crippen molar-refractivity contribution in [1.29, 1.82) is 0 Å². The topological polar surface area (TPSA) is 139 Å². The first-order valence-corrected chi connectivity index (χ1v) is 14.3. The molecule has 3 aromatic rings. The number of alkyl halides is 2. The average molecular weight is 610 g/mol. The van der Waals surface area contributed by atoms with Gasteiger partial charge >= 0.3 is 0 Å². The Kier molecular flexibility index (Phi) is 7.62. The predicted octanol–water partition coefficient (Wildman–Crippen LogP) is 4.56. The van der Waals surface area contributed by atoms with Gasteiger partial charge in [0.1, 0.15) is 16.2 Å². The van der Waals surface area contributed by atoms with Crippen molar-refractivity contribution in [3.05, 3.63) is 33.8 Å². The second-order valence-corrected chi connectivity index (χ2v) is 13.0. The van der Waals surface area contributed by atoms with Crippen molar-refractivity contribution >= 4 is 50.5 Å². The first-order valence-electron chi connectivity index (χ1n) is 11.3. The smallest absolute Gasteiger partial charge is 0.276 e. The second kappa shape index (κ2) is 10.1. The summed E-state index contributed by atoms with van der Waals surface area (Å²) in [7, 11) is -4.01. The molecule has 2 N–H and O–H groups in total. The van der Waals surface area contributed by atoms with Gasteiger partial charge in [0.25, 0.3) is 17.7 Å². The van der Waals surface area contributed by atoms with Gasteiger partial charge in [-0.1, -0.05) is 29.3 Å². The van der Waals surface area contributed by atoms with E-state index in [0.29, 0.717) is 0 Å². The summed E-state index contributed by atoms with van der Waals surface area (Å²) >= 11 is 13.8. The highest BCUT2D eigenvalue weighted by molar-refractivity contribution is 7.89. The largest absolute Gasteiger partial charge is 0.415 e. The van der Waals surface area contributed by atoms with Crippen LogP contribution in [0.1, 0.15) is 50.5 Å². The molecule has 3 heterocycles. The van der Waals surface area contributed by atoms with E-state index in [1.165, 1.54) is 26.0 Å². The molecule has 206 valence electrons. The summed E-state index contributed by atoms with van der Waals surface area (Å²) in [6.07, 6.45) is -0.494. The van der Waals surface area contributed by atoms with Gasteiger partial charge in [-0.25, -0.2) is 26.9 Å². The van der Waals surface area contributed by atoms with Gasteiger partial charge in [0.05, 0.1) is 21.5 Å².